The first-order valence-corrected chi connectivity index (χ1v) is 6.39. The van der Waals surface area contributed by atoms with Gasteiger partial charge in [-0.05, 0) is 31.7 Å². The number of hydrogen-bond donors (Lipinski definition) is 1. The molecule has 1 N–H and O–H groups in total. The number of hydrogen-bond acceptors (Lipinski definition) is 3. The summed E-state index contributed by atoms with van der Waals surface area (Å²) in [7, 11) is 0. The lowest BCUT2D eigenvalue weighted by molar-refractivity contribution is -0.139. The van der Waals surface area contributed by atoms with Crippen molar-refractivity contribution in [3.05, 3.63) is 23.5 Å². The third kappa shape index (κ3) is 4.11. The lowest BCUT2D eigenvalue weighted by Gasteiger charge is -2.18. The Bertz CT molecular complexity index is 489. The highest BCUT2D eigenvalue weighted by Gasteiger charge is 2.27. The van der Waals surface area contributed by atoms with E-state index in [2.05, 4.69) is 4.98 Å². The number of pyridine rings is 1. The first kappa shape index (κ1) is 14.6. The van der Waals surface area contributed by atoms with Gasteiger partial charge in [-0.25, -0.2) is 0 Å². The van der Waals surface area contributed by atoms with Crippen molar-refractivity contribution in [1.29, 1.82) is 0 Å². The summed E-state index contributed by atoms with van der Waals surface area (Å²) in [6.45, 7) is -1.77. The molecular weight excluding hydrogens is 273 g/mol. The number of carbonyl (C=O) groups excluding carboxylic acids is 1. The second-order valence-electron chi connectivity index (χ2n) is 4.62. The predicted molar refractivity (Wildman–Crippen MR) is 65.4 cm³/mol. The summed E-state index contributed by atoms with van der Waals surface area (Å²) < 4.78 is 41.1. The molecule has 0 aliphatic heterocycles. The lowest BCUT2D eigenvalue weighted by atomic mass is 9.95. The molecule has 0 aromatic carbocycles. The Kier molecular flexibility index (Phi) is 4.46. The lowest BCUT2D eigenvalue weighted by Crippen LogP contribution is -2.36. The molecule has 1 aromatic rings. The van der Waals surface area contributed by atoms with Crippen LogP contribution >= 0.6 is 0 Å². The van der Waals surface area contributed by atoms with Gasteiger partial charge in [0.2, 0.25) is 0 Å². The zero-order valence-electron chi connectivity index (χ0n) is 10.8. The molecule has 1 aliphatic rings. The topological polar surface area (TPSA) is 51.2 Å². The van der Waals surface area contributed by atoms with E-state index < -0.39 is 25.2 Å². The van der Waals surface area contributed by atoms with Gasteiger partial charge in [0.05, 0.1) is 0 Å². The van der Waals surface area contributed by atoms with Crippen LogP contribution in [-0.2, 0) is 17.6 Å². The largest absolute Gasteiger partial charge is 0.483 e. The second kappa shape index (κ2) is 6.11. The third-order valence-corrected chi connectivity index (χ3v) is 3.04. The van der Waals surface area contributed by atoms with E-state index in [-0.39, 0.29) is 0 Å². The summed E-state index contributed by atoms with van der Waals surface area (Å²) >= 11 is 0. The molecule has 1 amide bonds. The standard InChI is InChI=1S/C13H15F3N2O2/c14-13(15,16)8-18-12(19)7-20-11-5-6-17-10-4-2-1-3-9(10)11/h5-6H,1-4,7-8H2,(H,18,19). The van der Waals surface area contributed by atoms with E-state index in [1.807, 2.05) is 0 Å². The number of nitrogens with zero attached hydrogens (tertiary/aromatic N) is 1. The SMILES string of the molecule is O=C(COc1ccnc2c1CCCC2)NCC(F)(F)F. The predicted octanol–water partition coefficient (Wildman–Crippen LogP) is 2.02. The Hall–Kier alpha value is -1.79. The zero-order valence-corrected chi connectivity index (χ0v) is 10.8. The Morgan fingerprint density at radius 2 is 2.10 bits per heavy atom. The molecule has 7 heteroatoms. The van der Waals surface area contributed by atoms with E-state index in [9.17, 15) is 18.0 Å². The maximum Gasteiger partial charge on any atom is 0.405 e. The van der Waals surface area contributed by atoms with Crippen molar-refractivity contribution in [3.8, 4) is 5.75 Å². The van der Waals surface area contributed by atoms with Crippen LogP contribution in [0.15, 0.2) is 12.3 Å². The molecule has 0 radical (unpaired) electrons. The first-order chi connectivity index (χ1) is 9.46. The third-order valence-electron chi connectivity index (χ3n) is 3.04. The van der Waals surface area contributed by atoms with Crippen molar-refractivity contribution in [2.45, 2.75) is 31.9 Å². The zero-order chi connectivity index (χ0) is 14.6. The fraction of sp³-hybridized carbons (Fsp3) is 0.538. The number of amides is 1. The summed E-state index contributed by atoms with van der Waals surface area (Å²) in [5.41, 5.74) is 1.91. The number of halogens is 3. The molecule has 0 bridgehead atoms. The molecule has 20 heavy (non-hydrogen) atoms. The number of alkyl halides is 3. The minimum Gasteiger partial charge on any atom is -0.483 e. The van der Waals surface area contributed by atoms with Crippen LogP contribution in [0.3, 0.4) is 0 Å². The molecule has 1 aromatic heterocycles. The average molecular weight is 288 g/mol. The molecule has 0 spiro atoms. The molecule has 0 fully saturated rings. The first-order valence-electron chi connectivity index (χ1n) is 6.39. The van der Waals surface area contributed by atoms with Gasteiger partial charge in [-0.1, -0.05) is 0 Å². The van der Waals surface area contributed by atoms with Gasteiger partial charge in [0.15, 0.2) is 6.61 Å². The van der Waals surface area contributed by atoms with Gasteiger partial charge in [0, 0.05) is 17.5 Å². The number of fused-ring (bicyclic) bond motifs is 1. The van der Waals surface area contributed by atoms with Crippen LogP contribution in [0.2, 0.25) is 0 Å². The Balaban J connectivity index is 1.89. The van der Waals surface area contributed by atoms with E-state index in [4.69, 9.17) is 4.74 Å². The van der Waals surface area contributed by atoms with E-state index in [1.54, 1.807) is 17.6 Å². The van der Waals surface area contributed by atoms with Gasteiger partial charge in [-0.15, -0.1) is 0 Å². The molecule has 0 unspecified atom stereocenters. The monoisotopic (exact) mass is 288 g/mol. The average Bonchev–Trinajstić information content (AvgIpc) is 2.42. The molecule has 0 saturated carbocycles. The van der Waals surface area contributed by atoms with Gasteiger partial charge in [0.1, 0.15) is 12.3 Å². The van der Waals surface area contributed by atoms with Gasteiger partial charge in [-0.3, -0.25) is 9.78 Å². The van der Waals surface area contributed by atoms with Crippen molar-refractivity contribution in [2.75, 3.05) is 13.2 Å². The summed E-state index contributed by atoms with van der Waals surface area (Å²) in [5.74, 6) is -0.249. The Morgan fingerprint density at radius 1 is 1.35 bits per heavy atom. The smallest absolute Gasteiger partial charge is 0.405 e. The number of carbonyl (C=O) groups is 1. The van der Waals surface area contributed by atoms with Gasteiger partial charge >= 0.3 is 6.18 Å². The van der Waals surface area contributed by atoms with Crippen molar-refractivity contribution in [1.82, 2.24) is 10.3 Å². The van der Waals surface area contributed by atoms with Crippen LogP contribution in [0.25, 0.3) is 0 Å². The highest BCUT2D eigenvalue weighted by molar-refractivity contribution is 5.77. The minimum atomic E-state index is -4.41. The number of ether oxygens (including phenoxy) is 1. The van der Waals surface area contributed by atoms with Crippen molar-refractivity contribution < 1.29 is 22.7 Å². The van der Waals surface area contributed by atoms with E-state index in [1.165, 1.54) is 0 Å². The number of aryl methyl sites for hydroxylation is 1. The van der Waals surface area contributed by atoms with Crippen molar-refractivity contribution in [2.24, 2.45) is 0 Å². The van der Waals surface area contributed by atoms with E-state index in [0.717, 1.165) is 36.9 Å². The fourth-order valence-electron chi connectivity index (χ4n) is 2.12. The van der Waals surface area contributed by atoms with Gasteiger partial charge < -0.3 is 10.1 Å². The molecule has 0 atom stereocenters. The molecule has 2 rings (SSSR count). The van der Waals surface area contributed by atoms with Gasteiger partial charge in [-0.2, -0.15) is 13.2 Å². The normalized spacial score (nSPS) is 14.6. The summed E-state index contributed by atoms with van der Waals surface area (Å²) in [4.78, 5) is 15.5. The number of nitrogens with one attached hydrogen (secondary N) is 1. The highest BCUT2D eigenvalue weighted by Crippen LogP contribution is 2.27. The van der Waals surface area contributed by atoms with Crippen molar-refractivity contribution in [3.63, 3.8) is 0 Å². The van der Waals surface area contributed by atoms with Crippen LogP contribution in [0.4, 0.5) is 13.2 Å². The van der Waals surface area contributed by atoms with Crippen LogP contribution in [0.1, 0.15) is 24.1 Å². The quantitative estimate of drug-likeness (QED) is 0.922. The van der Waals surface area contributed by atoms with Crippen molar-refractivity contribution >= 4 is 5.91 Å². The minimum absolute atomic E-state index is 0.424. The molecule has 4 nitrogen and oxygen atoms in total. The van der Waals surface area contributed by atoms with Crippen LogP contribution < -0.4 is 10.1 Å². The van der Waals surface area contributed by atoms with Crippen LogP contribution in [0.5, 0.6) is 5.75 Å². The summed E-state index contributed by atoms with van der Waals surface area (Å²) in [6, 6.07) is 1.64. The second-order valence-corrected chi connectivity index (χ2v) is 4.62. The van der Waals surface area contributed by atoms with Crippen LogP contribution in [-0.4, -0.2) is 30.2 Å². The molecule has 0 saturated heterocycles. The summed E-state index contributed by atoms with van der Waals surface area (Å²) in [6.07, 6.45) is 0.957. The molecular formula is C13H15F3N2O2. The number of rotatable bonds is 4. The highest BCUT2D eigenvalue weighted by atomic mass is 19.4. The van der Waals surface area contributed by atoms with Crippen LogP contribution in [0, 0.1) is 0 Å². The maximum absolute atomic E-state index is 11.9. The molecule has 1 aliphatic carbocycles. The van der Waals surface area contributed by atoms with Gasteiger partial charge in [0.25, 0.3) is 5.91 Å². The van der Waals surface area contributed by atoms with E-state index >= 15 is 0 Å². The van der Waals surface area contributed by atoms with E-state index in [0.29, 0.717) is 5.75 Å². The fourth-order valence-corrected chi connectivity index (χ4v) is 2.12. The Labute approximate surface area is 114 Å². The number of aromatic nitrogens is 1. The maximum atomic E-state index is 11.9. The molecule has 110 valence electrons. The Morgan fingerprint density at radius 3 is 2.85 bits per heavy atom. The summed E-state index contributed by atoms with van der Waals surface area (Å²) in [5, 5.41) is 1.77. The molecule has 1 heterocycles.